The van der Waals surface area contributed by atoms with E-state index in [9.17, 15) is 8.78 Å². The lowest BCUT2D eigenvalue weighted by atomic mass is 9.86. The Labute approximate surface area is 381 Å². The van der Waals surface area contributed by atoms with Gasteiger partial charge in [0.05, 0.1) is 51.6 Å². The number of piperidine rings is 2. The van der Waals surface area contributed by atoms with Crippen molar-refractivity contribution < 1.29 is 37.2 Å². The number of nitrogens with zero attached hydrogens (tertiary/aromatic N) is 8. The molecular weight excluding hydrogens is 863 g/mol. The molecule has 8 aliphatic rings. The van der Waals surface area contributed by atoms with Gasteiger partial charge in [-0.2, -0.15) is 0 Å². The smallest absolute Gasteiger partial charge is 0.208 e. The average Bonchev–Trinajstić information content (AvgIpc) is 4.11. The molecule has 8 aliphatic heterocycles. The van der Waals surface area contributed by atoms with Crippen LogP contribution in [0.3, 0.4) is 0 Å². The third kappa shape index (κ3) is 9.22. The third-order valence-electron chi connectivity index (χ3n) is 14.9. The maximum Gasteiger partial charge on any atom is 0.208 e. The van der Waals surface area contributed by atoms with Crippen molar-refractivity contribution in [2.75, 3.05) is 102 Å². The maximum absolute atomic E-state index is 14.0. The van der Waals surface area contributed by atoms with E-state index >= 15 is 0 Å². The van der Waals surface area contributed by atoms with Gasteiger partial charge in [-0.3, -0.25) is 9.80 Å². The molecule has 344 valence electrons. The van der Waals surface area contributed by atoms with Gasteiger partial charge in [0.25, 0.3) is 0 Å². The van der Waals surface area contributed by atoms with Gasteiger partial charge >= 0.3 is 0 Å². The summed E-state index contributed by atoms with van der Waals surface area (Å²) in [5.41, 5.74) is 5.52. The first kappa shape index (κ1) is 43.0. The van der Waals surface area contributed by atoms with E-state index in [0.29, 0.717) is 37.1 Å². The zero-order valence-electron chi connectivity index (χ0n) is 36.2. The van der Waals surface area contributed by atoms with Crippen LogP contribution >= 0.6 is 22.7 Å². The van der Waals surface area contributed by atoms with Crippen LogP contribution in [0.1, 0.15) is 74.3 Å². The highest BCUT2D eigenvalue weighted by molar-refractivity contribution is 7.13. The largest absolute Gasteiger partial charge is 0.491 e. The van der Waals surface area contributed by atoms with Crippen molar-refractivity contribution in [2.24, 2.45) is 0 Å². The van der Waals surface area contributed by atoms with E-state index in [-0.39, 0.29) is 35.0 Å². The van der Waals surface area contributed by atoms with Gasteiger partial charge in [0, 0.05) is 49.3 Å². The molecule has 2 aromatic carbocycles. The molecule has 2 spiro atoms. The number of rotatable bonds is 12. The second-order valence-electron chi connectivity index (χ2n) is 19.0. The summed E-state index contributed by atoms with van der Waals surface area (Å²) in [6, 6.07) is 10.8. The van der Waals surface area contributed by atoms with E-state index in [2.05, 4.69) is 40.0 Å². The van der Waals surface area contributed by atoms with Gasteiger partial charge in [0.2, 0.25) is 10.3 Å². The first-order chi connectivity index (χ1) is 31.3. The normalized spacial score (nSPS) is 28.0. The number of aromatic nitrogens is 4. The zero-order valence-corrected chi connectivity index (χ0v) is 37.9. The lowest BCUT2D eigenvalue weighted by Crippen LogP contribution is -2.62. The maximum atomic E-state index is 14.0. The van der Waals surface area contributed by atoms with Gasteiger partial charge in [0.15, 0.2) is 0 Å². The molecule has 14 nitrogen and oxygen atoms in total. The van der Waals surface area contributed by atoms with Crippen molar-refractivity contribution in [3.8, 4) is 11.5 Å². The van der Waals surface area contributed by atoms with Gasteiger partial charge < -0.3 is 38.2 Å². The molecule has 0 bridgehead atoms. The summed E-state index contributed by atoms with van der Waals surface area (Å²) in [6.07, 6.45) is 8.64. The van der Waals surface area contributed by atoms with Crippen molar-refractivity contribution >= 4 is 32.9 Å². The van der Waals surface area contributed by atoms with Crippen molar-refractivity contribution in [1.82, 2.24) is 30.2 Å². The Kier molecular flexibility index (Phi) is 12.5. The molecule has 0 unspecified atom stereocenters. The van der Waals surface area contributed by atoms with Crippen LogP contribution in [0.4, 0.5) is 19.0 Å². The summed E-state index contributed by atoms with van der Waals surface area (Å²) >= 11 is 3.16. The molecule has 10 heterocycles. The van der Waals surface area contributed by atoms with Crippen molar-refractivity contribution in [3.63, 3.8) is 0 Å². The minimum Gasteiger partial charge on any atom is -0.491 e. The number of anilines is 2. The minimum atomic E-state index is -0.189. The van der Waals surface area contributed by atoms with Crippen molar-refractivity contribution in [1.29, 1.82) is 0 Å². The number of likely N-dealkylation sites (tertiary alicyclic amines) is 2. The predicted octanol–water partition coefficient (Wildman–Crippen LogP) is 6.14. The molecule has 18 heteroatoms. The molecule has 0 amide bonds. The van der Waals surface area contributed by atoms with Crippen LogP contribution in [0.5, 0.6) is 11.5 Å². The highest BCUT2D eigenvalue weighted by atomic mass is 32.1. The number of benzene rings is 2. The number of hydrogen-bond donors (Lipinski definition) is 0. The van der Waals surface area contributed by atoms with E-state index in [1.165, 1.54) is 12.1 Å². The molecule has 12 rings (SSSR count). The highest BCUT2D eigenvalue weighted by Crippen LogP contribution is 2.44. The summed E-state index contributed by atoms with van der Waals surface area (Å²) in [6.45, 7) is 12.0. The summed E-state index contributed by atoms with van der Waals surface area (Å²) in [5.74, 6) is 1.90. The molecule has 0 N–H and O–H groups in total. The fraction of sp³-hybridized carbons (Fsp3) is 0.652. The fourth-order valence-electron chi connectivity index (χ4n) is 11.0. The molecule has 4 aromatic rings. The van der Waals surface area contributed by atoms with Gasteiger partial charge in [-0.25, -0.2) is 8.78 Å². The topological polar surface area (TPSA) is 120 Å². The predicted molar refractivity (Wildman–Crippen MR) is 238 cm³/mol. The molecular formula is C46H58F2N8O6S2. The van der Waals surface area contributed by atoms with Gasteiger partial charge in [-0.15, -0.1) is 20.4 Å². The van der Waals surface area contributed by atoms with Crippen molar-refractivity contribution in [3.05, 3.63) is 70.2 Å². The molecule has 8 saturated heterocycles. The van der Waals surface area contributed by atoms with Crippen LogP contribution in [0.2, 0.25) is 0 Å². The molecule has 0 saturated carbocycles. The quantitative estimate of drug-likeness (QED) is 0.162. The van der Waals surface area contributed by atoms with E-state index in [1.54, 1.807) is 58.0 Å². The Morgan fingerprint density at radius 1 is 0.609 bits per heavy atom. The summed E-state index contributed by atoms with van der Waals surface area (Å²) < 4.78 is 63.6. The van der Waals surface area contributed by atoms with Crippen LogP contribution in [0.25, 0.3) is 0 Å². The average molecular weight is 921 g/mol. The van der Waals surface area contributed by atoms with Crippen LogP contribution in [-0.2, 0) is 18.9 Å². The highest BCUT2D eigenvalue weighted by Gasteiger charge is 2.53. The van der Waals surface area contributed by atoms with Crippen LogP contribution < -0.4 is 19.3 Å². The Morgan fingerprint density at radius 2 is 1.03 bits per heavy atom. The molecule has 64 heavy (non-hydrogen) atoms. The summed E-state index contributed by atoms with van der Waals surface area (Å²) in [7, 11) is 0. The number of hydrogen-bond acceptors (Lipinski definition) is 16. The standard InChI is InChI=1S/2C23H29FN4O3S/c2*24-17-1-2-21(30-12-19-5-8-29-19)20(9-17)16-3-6-27(7-4-16)18-10-23(31-11-18)13-28(14-23)22-26-25-15-32-22/h2*1-2,9,15-16,18-19H,3-8,10-14H2/t18-,19+;18-,19-/m00/s1. The first-order valence-corrected chi connectivity index (χ1v) is 25.0. The van der Waals surface area contributed by atoms with E-state index < -0.39 is 0 Å². The minimum absolute atomic E-state index is 0.0274. The van der Waals surface area contributed by atoms with E-state index in [0.717, 1.165) is 163 Å². The summed E-state index contributed by atoms with van der Waals surface area (Å²) in [5, 5.41) is 18.2. The number of ether oxygens (including phenoxy) is 6. The van der Waals surface area contributed by atoms with Gasteiger partial charge in [-0.05, 0) is 113 Å². The summed E-state index contributed by atoms with van der Waals surface area (Å²) in [4.78, 5) is 9.65. The third-order valence-corrected chi connectivity index (χ3v) is 16.4. The molecule has 2 aromatic heterocycles. The SMILES string of the molecule is Fc1ccc(OC[C@@H]2CCO2)c(C2CCN([C@@H]3COC4(C3)CN(c3nncs3)C4)CC2)c1.Fc1ccc(OC[C@H]2CCO2)c(C2CCN([C@@H]3COC4(C3)CN(c3nncs3)C4)CC2)c1. The monoisotopic (exact) mass is 920 g/mol. The van der Waals surface area contributed by atoms with Crippen molar-refractivity contribution in [2.45, 2.75) is 98.7 Å². The van der Waals surface area contributed by atoms with Gasteiger partial charge in [0.1, 0.15) is 58.6 Å². The lowest BCUT2D eigenvalue weighted by Gasteiger charge is -2.47. The Hall–Kier alpha value is -3.62. The first-order valence-electron chi connectivity index (χ1n) is 23.2. The lowest BCUT2D eigenvalue weighted by molar-refractivity contribution is -0.0723. The molecule has 0 aliphatic carbocycles. The molecule has 4 atom stereocenters. The van der Waals surface area contributed by atoms with Gasteiger partial charge in [-0.1, -0.05) is 22.7 Å². The van der Waals surface area contributed by atoms with E-state index in [1.807, 2.05) is 0 Å². The molecule has 0 radical (unpaired) electrons. The van der Waals surface area contributed by atoms with Crippen LogP contribution in [0.15, 0.2) is 47.4 Å². The second-order valence-corrected chi connectivity index (χ2v) is 20.7. The van der Waals surface area contributed by atoms with Crippen LogP contribution in [-0.4, -0.2) is 158 Å². The Balaban J connectivity index is 0.000000143. The second kappa shape index (κ2) is 18.6. The number of halogens is 2. The zero-order chi connectivity index (χ0) is 43.1. The van der Waals surface area contributed by atoms with Crippen LogP contribution in [0, 0.1) is 11.6 Å². The Morgan fingerprint density at radius 3 is 1.39 bits per heavy atom. The molecule has 8 fully saturated rings. The van der Waals surface area contributed by atoms with E-state index in [4.69, 9.17) is 28.4 Å². The Bertz CT molecular complexity index is 2010. The fourth-order valence-corrected chi connectivity index (χ4v) is 12.1.